The van der Waals surface area contributed by atoms with E-state index in [0.29, 0.717) is 26.3 Å². The van der Waals surface area contributed by atoms with E-state index in [4.69, 9.17) is 9.47 Å². The fraction of sp³-hybridized carbons (Fsp3) is 0.905. The van der Waals surface area contributed by atoms with E-state index in [2.05, 4.69) is 15.5 Å². The van der Waals surface area contributed by atoms with Crippen LogP contribution in [0.2, 0.25) is 0 Å². The second-order valence-electron chi connectivity index (χ2n) is 8.53. The molecule has 0 spiro atoms. The van der Waals surface area contributed by atoms with Crippen molar-refractivity contribution in [3.63, 3.8) is 0 Å². The fourth-order valence-corrected chi connectivity index (χ4v) is 4.59. The van der Waals surface area contributed by atoms with Gasteiger partial charge in [0.05, 0.1) is 38.5 Å². The Morgan fingerprint density at radius 2 is 1.79 bits per heavy atom. The van der Waals surface area contributed by atoms with E-state index < -0.39 is 6.10 Å². The molecule has 2 heterocycles. The summed E-state index contributed by atoms with van der Waals surface area (Å²) in [5.74, 6) is 0.317. The molecule has 2 aliphatic heterocycles. The number of carbonyl (C=O) groups is 2. The van der Waals surface area contributed by atoms with Crippen LogP contribution in [0.5, 0.6) is 0 Å². The van der Waals surface area contributed by atoms with Crippen LogP contribution in [0.1, 0.15) is 51.4 Å². The first-order chi connectivity index (χ1) is 14.2. The Morgan fingerprint density at radius 1 is 1.03 bits per heavy atom. The lowest BCUT2D eigenvalue weighted by Crippen LogP contribution is -2.53. The summed E-state index contributed by atoms with van der Waals surface area (Å²) in [5, 5.41) is 15.8. The van der Waals surface area contributed by atoms with Gasteiger partial charge in [0.25, 0.3) is 0 Å². The maximum absolute atomic E-state index is 12.3. The molecule has 2 amide bonds. The largest absolute Gasteiger partial charge is 0.394 e. The van der Waals surface area contributed by atoms with E-state index in [0.717, 1.165) is 58.0 Å². The maximum Gasteiger partial charge on any atom is 0.234 e. The third kappa shape index (κ3) is 7.20. The molecule has 2 saturated heterocycles. The van der Waals surface area contributed by atoms with Crippen LogP contribution >= 0.6 is 0 Å². The second kappa shape index (κ2) is 11.8. The number of rotatable bonds is 8. The molecule has 0 radical (unpaired) electrons. The van der Waals surface area contributed by atoms with Gasteiger partial charge in [0.15, 0.2) is 0 Å². The maximum atomic E-state index is 12.3. The monoisotopic (exact) mass is 411 g/mol. The van der Waals surface area contributed by atoms with Gasteiger partial charge >= 0.3 is 0 Å². The van der Waals surface area contributed by atoms with E-state index in [9.17, 15) is 14.7 Å². The number of morpholine rings is 1. The molecular formula is C21H37N3O5. The molecular weight excluding hydrogens is 374 g/mol. The van der Waals surface area contributed by atoms with Crippen molar-refractivity contribution < 1.29 is 24.2 Å². The molecule has 3 fully saturated rings. The quantitative estimate of drug-likeness (QED) is 0.536. The molecule has 3 rings (SSSR count). The molecule has 1 aliphatic carbocycles. The third-order valence-electron chi connectivity index (χ3n) is 6.35. The number of ether oxygens (including phenoxy) is 2. The average Bonchev–Trinajstić information content (AvgIpc) is 2.76. The molecule has 8 heteroatoms. The summed E-state index contributed by atoms with van der Waals surface area (Å²) in [5.41, 5.74) is 0. The first-order valence-electron chi connectivity index (χ1n) is 11.3. The average molecular weight is 412 g/mol. The number of aliphatic hydroxyl groups excluding tert-OH is 1. The highest BCUT2D eigenvalue weighted by atomic mass is 16.5. The fourth-order valence-electron chi connectivity index (χ4n) is 4.59. The number of aliphatic hydroxyl groups is 1. The first kappa shape index (κ1) is 22.5. The summed E-state index contributed by atoms with van der Waals surface area (Å²) < 4.78 is 11.3. The van der Waals surface area contributed by atoms with Crippen LogP contribution in [0, 0.1) is 5.92 Å². The Hall–Kier alpha value is -1.22. The summed E-state index contributed by atoms with van der Waals surface area (Å²) in [6.45, 7) is 3.71. The zero-order chi connectivity index (χ0) is 20.5. The minimum atomic E-state index is -0.392. The number of nitrogens with zero attached hydrogens (tertiary/aromatic N) is 1. The minimum Gasteiger partial charge on any atom is -0.394 e. The van der Waals surface area contributed by atoms with E-state index in [1.54, 1.807) is 0 Å². The summed E-state index contributed by atoms with van der Waals surface area (Å²) in [7, 11) is 0. The lowest BCUT2D eigenvalue weighted by molar-refractivity contribution is -0.131. The van der Waals surface area contributed by atoms with E-state index >= 15 is 0 Å². The van der Waals surface area contributed by atoms with Gasteiger partial charge in [-0.05, 0) is 32.1 Å². The van der Waals surface area contributed by atoms with Gasteiger partial charge in [0, 0.05) is 25.6 Å². The van der Waals surface area contributed by atoms with Crippen LogP contribution in [0.15, 0.2) is 0 Å². The molecule has 3 aliphatic rings. The molecule has 1 saturated carbocycles. The Morgan fingerprint density at radius 3 is 2.52 bits per heavy atom. The Bertz CT molecular complexity index is 520. The lowest BCUT2D eigenvalue weighted by atomic mass is 9.88. The first-order valence-corrected chi connectivity index (χ1v) is 11.3. The lowest BCUT2D eigenvalue weighted by Gasteiger charge is -2.37. The van der Waals surface area contributed by atoms with E-state index in [-0.39, 0.29) is 36.5 Å². The van der Waals surface area contributed by atoms with Crippen LogP contribution in [0.25, 0.3) is 0 Å². The van der Waals surface area contributed by atoms with Gasteiger partial charge < -0.3 is 25.2 Å². The van der Waals surface area contributed by atoms with Crippen LogP contribution in [-0.4, -0.2) is 86.1 Å². The van der Waals surface area contributed by atoms with Crippen molar-refractivity contribution in [2.45, 2.75) is 69.6 Å². The molecule has 166 valence electrons. The molecule has 29 heavy (non-hydrogen) atoms. The molecule has 8 nitrogen and oxygen atoms in total. The van der Waals surface area contributed by atoms with Gasteiger partial charge in [0.2, 0.25) is 11.8 Å². The second-order valence-corrected chi connectivity index (χ2v) is 8.53. The molecule has 3 atom stereocenters. The van der Waals surface area contributed by atoms with E-state index in [1.807, 2.05) is 0 Å². The van der Waals surface area contributed by atoms with Gasteiger partial charge in [-0.2, -0.15) is 0 Å². The van der Waals surface area contributed by atoms with Crippen molar-refractivity contribution in [2.75, 3.05) is 46.0 Å². The third-order valence-corrected chi connectivity index (χ3v) is 6.35. The van der Waals surface area contributed by atoms with Crippen molar-refractivity contribution >= 4 is 11.8 Å². The summed E-state index contributed by atoms with van der Waals surface area (Å²) in [6.07, 6.45) is 7.51. The summed E-state index contributed by atoms with van der Waals surface area (Å²) in [4.78, 5) is 26.7. The standard InChI is InChI=1S/C21H37N3O5/c25-15-19-18(23-20(26)14-24-10-12-28-13-11-24)7-6-17(29-19)8-9-22-21(27)16-4-2-1-3-5-16/h16-19,25H,1-15H2,(H,22,27)(H,23,26)/t17-,18+,19-/m0/s1. The van der Waals surface area contributed by atoms with Crippen LogP contribution in [0.3, 0.4) is 0 Å². The normalized spacial score (nSPS) is 29.3. The van der Waals surface area contributed by atoms with Gasteiger partial charge in [-0.15, -0.1) is 0 Å². The van der Waals surface area contributed by atoms with Crippen molar-refractivity contribution in [3.8, 4) is 0 Å². The number of carbonyl (C=O) groups excluding carboxylic acids is 2. The number of nitrogens with one attached hydrogen (secondary N) is 2. The Kier molecular flexibility index (Phi) is 9.17. The predicted molar refractivity (Wildman–Crippen MR) is 108 cm³/mol. The van der Waals surface area contributed by atoms with Gasteiger partial charge in [-0.25, -0.2) is 0 Å². The molecule has 0 aromatic carbocycles. The number of hydrogen-bond acceptors (Lipinski definition) is 6. The molecule has 0 aromatic rings. The van der Waals surface area contributed by atoms with Crippen LogP contribution < -0.4 is 10.6 Å². The van der Waals surface area contributed by atoms with Crippen molar-refractivity contribution in [1.29, 1.82) is 0 Å². The molecule has 0 unspecified atom stereocenters. The van der Waals surface area contributed by atoms with Gasteiger partial charge in [-0.1, -0.05) is 19.3 Å². The summed E-state index contributed by atoms with van der Waals surface area (Å²) >= 11 is 0. The van der Waals surface area contributed by atoms with Crippen LogP contribution in [0.4, 0.5) is 0 Å². The highest BCUT2D eigenvalue weighted by Gasteiger charge is 2.32. The number of amides is 2. The number of hydrogen-bond donors (Lipinski definition) is 3. The van der Waals surface area contributed by atoms with Gasteiger partial charge in [-0.3, -0.25) is 14.5 Å². The van der Waals surface area contributed by atoms with Crippen molar-refractivity contribution in [2.24, 2.45) is 5.92 Å². The Labute approximate surface area is 173 Å². The summed E-state index contributed by atoms with van der Waals surface area (Å²) in [6, 6.07) is -0.165. The van der Waals surface area contributed by atoms with Crippen molar-refractivity contribution in [3.05, 3.63) is 0 Å². The Balaban J connectivity index is 1.35. The molecule has 0 bridgehead atoms. The SMILES string of the molecule is O=C(CN1CCOCC1)N[C@@H]1CC[C@@H](CCNC(=O)C2CCCCC2)O[C@H]1CO. The highest BCUT2D eigenvalue weighted by Crippen LogP contribution is 2.24. The van der Waals surface area contributed by atoms with Gasteiger partial charge in [0.1, 0.15) is 6.10 Å². The minimum absolute atomic E-state index is 0.00574. The van der Waals surface area contributed by atoms with Crippen molar-refractivity contribution in [1.82, 2.24) is 15.5 Å². The smallest absolute Gasteiger partial charge is 0.234 e. The zero-order valence-electron chi connectivity index (χ0n) is 17.4. The predicted octanol–water partition coefficient (Wildman–Crippen LogP) is 0.430. The highest BCUT2D eigenvalue weighted by molar-refractivity contribution is 5.79. The molecule has 3 N–H and O–H groups in total. The molecule has 0 aromatic heterocycles. The van der Waals surface area contributed by atoms with E-state index in [1.165, 1.54) is 6.42 Å². The topological polar surface area (TPSA) is 100 Å². The zero-order valence-corrected chi connectivity index (χ0v) is 17.4. The van der Waals surface area contributed by atoms with Crippen LogP contribution in [-0.2, 0) is 19.1 Å².